The third kappa shape index (κ3) is 3.97. The molecule has 5 rings (SSSR count). The molecule has 0 amide bonds. The number of fused-ring (bicyclic) bond motifs is 5. The Morgan fingerprint density at radius 1 is 1.18 bits per heavy atom. The maximum Gasteiger partial charge on any atom is 0.266 e. The van der Waals surface area contributed by atoms with Gasteiger partial charge < -0.3 is 5.11 Å². The first kappa shape index (κ1) is 24.4. The Bertz CT molecular complexity index is 1060. The van der Waals surface area contributed by atoms with Crippen molar-refractivity contribution in [2.24, 2.45) is 40.9 Å². The largest absolute Gasteiger partial charge is 0.384 e. The first-order chi connectivity index (χ1) is 15.9. The van der Waals surface area contributed by atoms with Crippen molar-refractivity contribution < 1.29 is 22.3 Å². The maximum atomic E-state index is 13.5. The van der Waals surface area contributed by atoms with E-state index in [0.29, 0.717) is 36.1 Å². The molecule has 0 radical (unpaired) electrons. The second-order valence-corrected chi connectivity index (χ2v) is 14.0. The third-order valence-corrected chi connectivity index (χ3v) is 11.3. The van der Waals surface area contributed by atoms with Gasteiger partial charge in [-0.3, -0.25) is 4.68 Å². The van der Waals surface area contributed by atoms with Gasteiger partial charge in [0.2, 0.25) is 0 Å². The first-order valence-corrected chi connectivity index (χ1v) is 14.7. The van der Waals surface area contributed by atoms with Gasteiger partial charge in [0.15, 0.2) is 14.9 Å². The highest BCUT2D eigenvalue weighted by Gasteiger charge is 2.58. The van der Waals surface area contributed by atoms with Crippen molar-refractivity contribution in [1.29, 1.82) is 0 Å². The molecule has 4 saturated carbocycles. The van der Waals surface area contributed by atoms with Crippen LogP contribution in [0.25, 0.3) is 0 Å². The fourth-order valence-corrected chi connectivity index (χ4v) is 9.29. The molecule has 4 fully saturated rings. The van der Waals surface area contributed by atoms with E-state index in [1.165, 1.54) is 12.7 Å². The normalized spacial score (nSPS) is 42.2. The average Bonchev–Trinajstić information content (AvgIpc) is 3.37. The number of aliphatic hydroxyl groups is 1. The molecular formula is C26H38F2N2O3S. The Labute approximate surface area is 201 Å². The molecule has 8 heteroatoms. The molecule has 0 aliphatic heterocycles. The minimum atomic E-state index is -3.32. The van der Waals surface area contributed by atoms with Gasteiger partial charge in [-0.2, -0.15) is 5.10 Å². The van der Waals surface area contributed by atoms with Crippen LogP contribution in [0, 0.1) is 40.9 Å². The molecule has 0 unspecified atom stereocenters. The van der Waals surface area contributed by atoms with E-state index in [1.54, 1.807) is 16.9 Å². The van der Waals surface area contributed by atoms with Gasteiger partial charge in [0.1, 0.15) is 5.60 Å². The number of alkyl halides is 2. The van der Waals surface area contributed by atoms with Crippen LogP contribution >= 0.6 is 0 Å². The van der Waals surface area contributed by atoms with E-state index in [4.69, 9.17) is 0 Å². The van der Waals surface area contributed by atoms with Crippen LogP contribution in [0.2, 0.25) is 0 Å². The summed E-state index contributed by atoms with van der Waals surface area (Å²) >= 11 is 0. The Morgan fingerprint density at radius 2 is 1.91 bits per heavy atom. The number of allylic oxidation sites excluding steroid dienone is 1. The quantitative estimate of drug-likeness (QED) is 0.575. The summed E-state index contributed by atoms with van der Waals surface area (Å²) in [5, 5.41) is 14.8. The molecule has 1 aromatic heterocycles. The highest BCUT2D eigenvalue weighted by molar-refractivity contribution is 7.90. The predicted octanol–water partition coefficient (Wildman–Crippen LogP) is 5.11. The highest BCUT2D eigenvalue weighted by atomic mass is 32.2. The predicted molar refractivity (Wildman–Crippen MR) is 126 cm³/mol. The second-order valence-electron chi connectivity index (χ2n) is 12.0. The molecule has 5 nitrogen and oxygen atoms in total. The van der Waals surface area contributed by atoms with Crippen LogP contribution in [0.3, 0.4) is 0 Å². The van der Waals surface area contributed by atoms with Crippen LogP contribution in [-0.2, 0) is 16.4 Å². The first-order valence-electron chi connectivity index (χ1n) is 12.8. The van der Waals surface area contributed by atoms with Crippen LogP contribution in [0.4, 0.5) is 8.78 Å². The van der Waals surface area contributed by atoms with Gasteiger partial charge in [0, 0.05) is 12.5 Å². The molecule has 0 aromatic carbocycles. The summed E-state index contributed by atoms with van der Waals surface area (Å²) in [5.41, 5.74) is -0.479. The van der Waals surface area contributed by atoms with Crippen LogP contribution in [0.1, 0.15) is 64.7 Å². The Hall–Kier alpha value is -1.28. The zero-order valence-electron chi connectivity index (χ0n) is 20.3. The molecule has 1 heterocycles. The SMILES string of the molecule is C=C(Cn1ccc(S(C)(=O)=O)n1)[C@H]1CC[C@H]2[C@@H]3CC[C@@H]4C[C@@](O)(C(F)F)CC[C@@H]4[C@H]3CC[C@]12C. The number of aromatic nitrogens is 2. The minimum Gasteiger partial charge on any atom is -0.384 e. The molecule has 4 aliphatic carbocycles. The Morgan fingerprint density at radius 3 is 2.59 bits per heavy atom. The lowest BCUT2D eigenvalue weighted by atomic mass is 9.48. The topological polar surface area (TPSA) is 72.2 Å². The van der Waals surface area contributed by atoms with Crippen molar-refractivity contribution in [2.45, 2.75) is 88.3 Å². The van der Waals surface area contributed by atoms with Crippen molar-refractivity contribution in [2.75, 3.05) is 6.26 Å². The van der Waals surface area contributed by atoms with E-state index in [9.17, 15) is 22.3 Å². The molecule has 1 aromatic rings. The Kier molecular flexibility index (Phi) is 6.03. The summed E-state index contributed by atoms with van der Waals surface area (Å²) in [6.45, 7) is 7.39. The molecule has 4 aliphatic rings. The lowest BCUT2D eigenvalue weighted by molar-refractivity contribution is -0.158. The molecule has 190 valence electrons. The van der Waals surface area contributed by atoms with E-state index in [-0.39, 0.29) is 29.2 Å². The van der Waals surface area contributed by atoms with E-state index in [2.05, 4.69) is 18.6 Å². The van der Waals surface area contributed by atoms with Crippen LogP contribution in [-0.4, -0.2) is 41.6 Å². The van der Waals surface area contributed by atoms with Gasteiger partial charge in [0.25, 0.3) is 6.43 Å². The molecule has 0 bridgehead atoms. The number of rotatable bonds is 5. The summed E-state index contributed by atoms with van der Waals surface area (Å²) in [5.74, 6) is 2.94. The third-order valence-electron chi connectivity index (χ3n) is 10.3. The van der Waals surface area contributed by atoms with Crippen molar-refractivity contribution in [3.63, 3.8) is 0 Å². The molecule has 0 spiro atoms. The average molecular weight is 497 g/mol. The van der Waals surface area contributed by atoms with Gasteiger partial charge in [0.05, 0.1) is 6.54 Å². The molecule has 34 heavy (non-hydrogen) atoms. The molecule has 8 atom stereocenters. The summed E-state index contributed by atoms with van der Waals surface area (Å²) in [4.78, 5) is 0. The highest BCUT2D eigenvalue weighted by Crippen LogP contribution is 2.65. The molecule has 0 saturated heterocycles. The second kappa shape index (κ2) is 8.39. The Balaban J connectivity index is 1.28. The summed E-state index contributed by atoms with van der Waals surface area (Å²) in [7, 11) is -3.32. The van der Waals surface area contributed by atoms with Crippen LogP contribution in [0.15, 0.2) is 29.4 Å². The number of hydrogen-bond acceptors (Lipinski definition) is 4. The van der Waals surface area contributed by atoms with Crippen LogP contribution < -0.4 is 0 Å². The maximum absolute atomic E-state index is 13.5. The van der Waals surface area contributed by atoms with Crippen molar-refractivity contribution in [3.05, 3.63) is 24.4 Å². The van der Waals surface area contributed by atoms with Gasteiger partial charge >= 0.3 is 0 Å². The molecular weight excluding hydrogens is 458 g/mol. The van der Waals surface area contributed by atoms with Crippen molar-refractivity contribution >= 4 is 9.84 Å². The van der Waals surface area contributed by atoms with E-state index >= 15 is 0 Å². The number of nitrogens with zero attached hydrogens (tertiary/aromatic N) is 2. The van der Waals surface area contributed by atoms with Crippen molar-refractivity contribution in [3.8, 4) is 0 Å². The zero-order valence-corrected chi connectivity index (χ0v) is 21.1. The van der Waals surface area contributed by atoms with Crippen molar-refractivity contribution in [1.82, 2.24) is 9.78 Å². The zero-order chi connectivity index (χ0) is 24.5. The minimum absolute atomic E-state index is 0.0966. The van der Waals surface area contributed by atoms with E-state index in [0.717, 1.165) is 44.1 Å². The smallest absolute Gasteiger partial charge is 0.266 e. The summed E-state index contributed by atoms with van der Waals surface area (Å²) in [6.07, 6.45) is 8.05. The van der Waals surface area contributed by atoms with Gasteiger partial charge in [-0.1, -0.05) is 19.1 Å². The number of hydrogen-bond donors (Lipinski definition) is 1. The monoisotopic (exact) mass is 496 g/mol. The fraction of sp³-hybridized carbons (Fsp3) is 0.808. The van der Waals surface area contributed by atoms with Gasteiger partial charge in [-0.15, -0.1) is 0 Å². The number of sulfone groups is 1. The summed E-state index contributed by atoms with van der Waals surface area (Å²) in [6, 6.07) is 1.55. The van der Waals surface area contributed by atoms with Crippen LogP contribution in [0.5, 0.6) is 0 Å². The van der Waals surface area contributed by atoms with Gasteiger partial charge in [-0.25, -0.2) is 17.2 Å². The standard InChI is InChI=1S/C26H38F2N2O3S/c1-16(15-30-13-10-23(29-30)34(3,32)33)21-6-7-22-20-5-4-17-14-26(31,24(27)28)12-9-18(17)19(20)8-11-25(21,22)2/h10,13,17-22,24,31H,1,4-9,11-12,14-15H2,2-3H3/t17-,18+,19-,20-,21-,22+,25-,26-/m1/s1. The summed E-state index contributed by atoms with van der Waals surface area (Å²) < 4.78 is 52.2. The van der Waals surface area contributed by atoms with Gasteiger partial charge in [-0.05, 0) is 105 Å². The van der Waals surface area contributed by atoms with E-state index in [1.807, 2.05) is 0 Å². The lowest BCUT2D eigenvalue weighted by Crippen LogP contribution is -2.52. The lowest BCUT2D eigenvalue weighted by Gasteiger charge is -2.57. The number of halogens is 2. The fourth-order valence-electron chi connectivity index (χ4n) is 8.73. The van der Waals surface area contributed by atoms with E-state index < -0.39 is 21.9 Å². The molecule has 1 N–H and O–H groups in total.